The van der Waals surface area contributed by atoms with Crippen LogP contribution in [0.4, 0.5) is 5.82 Å². The van der Waals surface area contributed by atoms with E-state index >= 15 is 0 Å². The predicted molar refractivity (Wildman–Crippen MR) is 78.7 cm³/mol. The first kappa shape index (κ1) is 14.1. The third-order valence-corrected chi connectivity index (χ3v) is 3.87. The largest absolute Gasteiger partial charge is 0.364 e. The molecule has 110 valence electrons. The van der Waals surface area contributed by atoms with E-state index in [0.29, 0.717) is 22.4 Å². The van der Waals surface area contributed by atoms with E-state index in [9.17, 15) is 4.79 Å². The number of nitrogens with zero attached hydrogens (tertiary/aromatic N) is 5. The highest BCUT2D eigenvalue weighted by molar-refractivity contribution is 6.36. The smallest absolute Gasteiger partial charge is 0.270 e. The Hall–Kier alpha value is -1.86. The molecule has 1 fully saturated rings. The Morgan fingerprint density at radius 3 is 2.90 bits per heavy atom. The number of primary amides is 1. The number of nitrogens with two attached hydrogens (primary N) is 1. The summed E-state index contributed by atoms with van der Waals surface area (Å²) in [6, 6.07) is 1.76. The van der Waals surface area contributed by atoms with Crippen molar-refractivity contribution < 1.29 is 4.79 Å². The van der Waals surface area contributed by atoms with Crippen molar-refractivity contribution in [3.63, 3.8) is 0 Å². The summed E-state index contributed by atoms with van der Waals surface area (Å²) in [6.07, 6.45) is 3.98. The maximum absolute atomic E-state index is 11.0. The number of aromatic nitrogens is 4. The summed E-state index contributed by atoms with van der Waals surface area (Å²) >= 11 is 12.0. The van der Waals surface area contributed by atoms with Crippen LogP contribution in [0.5, 0.6) is 0 Å². The number of anilines is 1. The van der Waals surface area contributed by atoms with Gasteiger partial charge in [0, 0.05) is 19.3 Å². The number of amides is 1. The molecule has 0 spiro atoms. The summed E-state index contributed by atoms with van der Waals surface area (Å²) < 4.78 is 1.66. The Morgan fingerprint density at radius 2 is 2.24 bits per heavy atom. The first-order valence-electron chi connectivity index (χ1n) is 6.32. The molecule has 1 aliphatic rings. The van der Waals surface area contributed by atoms with Gasteiger partial charge in [0.1, 0.15) is 5.82 Å². The average molecular weight is 327 g/mol. The van der Waals surface area contributed by atoms with Gasteiger partial charge in [0.2, 0.25) is 0 Å². The molecule has 1 atom stereocenters. The number of carbonyl (C=O) groups is 1. The van der Waals surface area contributed by atoms with Gasteiger partial charge in [-0.05, 0) is 12.5 Å². The van der Waals surface area contributed by atoms with Gasteiger partial charge >= 0.3 is 0 Å². The molecule has 3 rings (SSSR count). The van der Waals surface area contributed by atoms with Crippen LogP contribution in [0, 0.1) is 0 Å². The monoisotopic (exact) mass is 326 g/mol. The van der Waals surface area contributed by atoms with Gasteiger partial charge < -0.3 is 10.6 Å². The summed E-state index contributed by atoms with van der Waals surface area (Å²) in [5.41, 5.74) is 5.34. The lowest BCUT2D eigenvalue weighted by atomic mass is 10.3. The molecule has 0 radical (unpaired) electrons. The van der Waals surface area contributed by atoms with E-state index < -0.39 is 5.91 Å². The Kier molecular flexibility index (Phi) is 3.69. The first-order valence-corrected chi connectivity index (χ1v) is 7.08. The molecule has 1 saturated heterocycles. The maximum atomic E-state index is 11.0. The zero-order valence-corrected chi connectivity index (χ0v) is 12.4. The molecule has 1 amide bonds. The molecule has 2 aromatic rings. The molecule has 1 unspecified atom stereocenters. The number of halogens is 2. The minimum Gasteiger partial charge on any atom is -0.364 e. The zero-order valence-electron chi connectivity index (χ0n) is 10.9. The third kappa shape index (κ3) is 2.79. The lowest BCUT2D eigenvalue weighted by Crippen LogP contribution is -2.22. The number of carbonyl (C=O) groups excluding carboxylic acids is 1. The van der Waals surface area contributed by atoms with Crippen LogP contribution in [0.2, 0.25) is 10.0 Å². The van der Waals surface area contributed by atoms with Crippen LogP contribution in [0.1, 0.15) is 23.0 Å². The Morgan fingerprint density at radius 1 is 1.43 bits per heavy atom. The van der Waals surface area contributed by atoms with Crippen LogP contribution in [0.3, 0.4) is 0 Å². The molecular formula is C12H12Cl2N6O. The molecule has 21 heavy (non-hydrogen) atoms. The van der Waals surface area contributed by atoms with Gasteiger partial charge in [0.25, 0.3) is 5.91 Å². The number of hydrogen-bond acceptors (Lipinski definition) is 5. The Labute approximate surface area is 130 Å². The van der Waals surface area contributed by atoms with E-state index in [2.05, 4.69) is 20.2 Å². The Balaban J connectivity index is 1.76. The van der Waals surface area contributed by atoms with E-state index in [1.165, 1.54) is 0 Å². The van der Waals surface area contributed by atoms with Crippen molar-refractivity contribution in [1.29, 1.82) is 0 Å². The molecular weight excluding hydrogens is 315 g/mol. The molecule has 1 aliphatic heterocycles. The first-order chi connectivity index (χ1) is 10.0. The van der Waals surface area contributed by atoms with Crippen LogP contribution in [-0.2, 0) is 0 Å². The van der Waals surface area contributed by atoms with Gasteiger partial charge in [-0.1, -0.05) is 28.4 Å². The molecule has 0 aromatic carbocycles. The normalized spacial score (nSPS) is 18.2. The van der Waals surface area contributed by atoms with Crippen molar-refractivity contribution in [3.8, 4) is 0 Å². The van der Waals surface area contributed by atoms with Gasteiger partial charge in [-0.2, -0.15) is 0 Å². The van der Waals surface area contributed by atoms with Gasteiger partial charge in [-0.25, -0.2) is 9.67 Å². The minimum absolute atomic E-state index is 0.0964. The van der Waals surface area contributed by atoms with Crippen molar-refractivity contribution >= 4 is 34.9 Å². The van der Waals surface area contributed by atoms with Crippen molar-refractivity contribution in [1.82, 2.24) is 20.0 Å². The SMILES string of the molecule is NC(=O)c1cn(C2CCN(c3ncc(Cl)cc3Cl)C2)nn1. The van der Waals surface area contributed by atoms with Crippen molar-refractivity contribution in [2.75, 3.05) is 18.0 Å². The lowest BCUT2D eigenvalue weighted by Gasteiger charge is -2.18. The quantitative estimate of drug-likeness (QED) is 0.923. The highest BCUT2D eigenvalue weighted by Crippen LogP contribution is 2.31. The molecule has 7 nitrogen and oxygen atoms in total. The Bertz CT molecular complexity index is 688. The van der Waals surface area contributed by atoms with Gasteiger partial charge in [-0.15, -0.1) is 5.10 Å². The number of hydrogen-bond donors (Lipinski definition) is 1. The third-order valence-electron chi connectivity index (χ3n) is 3.39. The second kappa shape index (κ2) is 5.50. The summed E-state index contributed by atoms with van der Waals surface area (Å²) in [6.45, 7) is 1.46. The molecule has 3 heterocycles. The van der Waals surface area contributed by atoms with Gasteiger partial charge in [0.05, 0.1) is 22.3 Å². The standard InChI is InChI=1S/C12H12Cl2N6O/c13-7-3-9(14)12(16-4-7)19-2-1-8(5-19)20-6-10(11(15)21)17-18-20/h3-4,6,8H,1-2,5H2,(H2,15,21). The van der Waals surface area contributed by atoms with Crippen LogP contribution >= 0.6 is 23.2 Å². The fraction of sp³-hybridized carbons (Fsp3) is 0.333. The van der Waals surface area contributed by atoms with Gasteiger partial charge in [0.15, 0.2) is 5.69 Å². The summed E-state index contributed by atoms with van der Waals surface area (Å²) in [5.74, 6) is 0.109. The highest BCUT2D eigenvalue weighted by atomic mass is 35.5. The zero-order chi connectivity index (χ0) is 15.0. The van der Waals surface area contributed by atoms with Crippen LogP contribution in [0.15, 0.2) is 18.5 Å². The van der Waals surface area contributed by atoms with E-state index in [1.54, 1.807) is 23.1 Å². The second-order valence-electron chi connectivity index (χ2n) is 4.80. The fourth-order valence-corrected chi connectivity index (χ4v) is 2.86. The summed E-state index contributed by atoms with van der Waals surface area (Å²) in [5, 5.41) is 8.71. The molecule has 0 bridgehead atoms. The van der Waals surface area contributed by atoms with E-state index in [4.69, 9.17) is 28.9 Å². The van der Waals surface area contributed by atoms with E-state index in [-0.39, 0.29) is 11.7 Å². The van der Waals surface area contributed by atoms with E-state index in [0.717, 1.165) is 13.0 Å². The predicted octanol–water partition coefficient (Wildman–Crippen LogP) is 1.53. The van der Waals surface area contributed by atoms with Crippen molar-refractivity contribution in [2.24, 2.45) is 5.73 Å². The van der Waals surface area contributed by atoms with Crippen molar-refractivity contribution in [2.45, 2.75) is 12.5 Å². The fourth-order valence-electron chi connectivity index (χ4n) is 2.36. The van der Waals surface area contributed by atoms with Crippen LogP contribution < -0.4 is 10.6 Å². The molecule has 9 heteroatoms. The highest BCUT2D eigenvalue weighted by Gasteiger charge is 2.27. The lowest BCUT2D eigenvalue weighted by molar-refractivity contribution is 0.0995. The minimum atomic E-state index is -0.585. The number of rotatable bonds is 3. The maximum Gasteiger partial charge on any atom is 0.270 e. The summed E-state index contributed by atoms with van der Waals surface area (Å²) in [4.78, 5) is 17.4. The average Bonchev–Trinajstić information content (AvgIpc) is 3.07. The number of pyridine rings is 1. The topological polar surface area (TPSA) is 89.9 Å². The summed E-state index contributed by atoms with van der Waals surface area (Å²) in [7, 11) is 0. The van der Waals surface area contributed by atoms with Crippen LogP contribution in [-0.4, -0.2) is 39.0 Å². The molecule has 2 N–H and O–H groups in total. The molecule has 0 aliphatic carbocycles. The van der Waals surface area contributed by atoms with E-state index in [1.807, 2.05) is 0 Å². The van der Waals surface area contributed by atoms with Crippen LogP contribution in [0.25, 0.3) is 0 Å². The molecule has 2 aromatic heterocycles. The second-order valence-corrected chi connectivity index (χ2v) is 5.64. The van der Waals surface area contributed by atoms with Gasteiger partial charge in [-0.3, -0.25) is 4.79 Å². The van der Waals surface area contributed by atoms with Crippen molar-refractivity contribution in [3.05, 3.63) is 34.2 Å². The molecule has 0 saturated carbocycles.